The van der Waals surface area contributed by atoms with E-state index in [-0.39, 0.29) is 12.1 Å². The molecule has 18 nitrogen and oxygen atoms in total. The van der Waals surface area contributed by atoms with E-state index in [0.717, 1.165) is 124 Å². The molecular weight excluding hydrogens is 713 g/mol. The topological polar surface area (TPSA) is 167 Å². The minimum atomic E-state index is 0.241. The largest absolute Gasteiger partial charge is 0.378 e. The molecule has 56 heavy (non-hydrogen) atoms. The average molecular weight is 759 g/mol. The van der Waals surface area contributed by atoms with Crippen LogP contribution in [0.4, 0.5) is 23.5 Å². The van der Waals surface area contributed by atoms with Gasteiger partial charge in [-0.3, -0.25) is 13.8 Å². The van der Waals surface area contributed by atoms with Crippen LogP contribution in [0, 0.1) is 0 Å². The van der Waals surface area contributed by atoms with Crippen LogP contribution in [0.25, 0.3) is 34.1 Å². The van der Waals surface area contributed by atoms with Gasteiger partial charge in [-0.1, -0.05) is 0 Å². The Balaban J connectivity index is 0.876. The fourth-order valence-corrected chi connectivity index (χ4v) is 8.22. The molecule has 4 fully saturated rings. The van der Waals surface area contributed by atoms with Crippen molar-refractivity contribution >= 4 is 34.8 Å². The lowest BCUT2D eigenvalue weighted by Gasteiger charge is -2.41. The molecule has 10 rings (SSSR count). The molecule has 10 heterocycles. The summed E-state index contributed by atoms with van der Waals surface area (Å²) in [5, 5.41) is 5.84. The van der Waals surface area contributed by atoms with Gasteiger partial charge in [-0.25, -0.2) is 45.3 Å². The number of imidazole rings is 2. The number of hydrogen-bond donors (Lipinski definition) is 2. The van der Waals surface area contributed by atoms with Crippen molar-refractivity contribution in [1.29, 1.82) is 0 Å². The molecule has 0 bridgehead atoms. The van der Waals surface area contributed by atoms with Crippen LogP contribution in [0.15, 0.2) is 61.7 Å². The van der Waals surface area contributed by atoms with Gasteiger partial charge in [-0.2, -0.15) is 0 Å². The van der Waals surface area contributed by atoms with E-state index in [9.17, 15) is 0 Å². The van der Waals surface area contributed by atoms with Gasteiger partial charge in [-0.05, 0) is 50.9 Å². The first-order chi connectivity index (χ1) is 27.8. The van der Waals surface area contributed by atoms with Crippen LogP contribution in [0.2, 0.25) is 0 Å². The van der Waals surface area contributed by atoms with Crippen molar-refractivity contribution in [2.45, 2.75) is 37.8 Å². The second-order valence-electron chi connectivity index (χ2n) is 14.6. The molecule has 0 saturated carbocycles. The summed E-state index contributed by atoms with van der Waals surface area (Å²) in [6.45, 7) is 9.43. The molecule has 2 N–H and O–H groups in total. The summed E-state index contributed by atoms with van der Waals surface area (Å²) in [5.41, 5.74) is 9.04. The lowest BCUT2D eigenvalue weighted by Crippen LogP contribution is -2.56. The monoisotopic (exact) mass is 758 g/mol. The number of piperidine rings is 2. The molecule has 0 aliphatic carbocycles. The van der Waals surface area contributed by atoms with Crippen molar-refractivity contribution in [2.75, 3.05) is 98.5 Å². The number of nitrogens with zero attached hydrogens (tertiary/aromatic N) is 14. The molecular formula is C38H46N16O2. The first-order valence-corrected chi connectivity index (χ1v) is 19.7. The van der Waals surface area contributed by atoms with Gasteiger partial charge in [0.15, 0.2) is 22.9 Å². The van der Waals surface area contributed by atoms with Crippen molar-refractivity contribution in [3.63, 3.8) is 0 Å². The molecule has 0 radical (unpaired) electrons. The average Bonchev–Trinajstić information content (AvgIpc) is 3.92. The Kier molecular flexibility index (Phi) is 9.67. The number of hydrazine groups is 1. The molecule has 0 spiro atoms. The third-order valence-electron chi connectivity index (χ3n) is 11.2. The number of morpholine rings is 2. The Labute approximate surface area is 323 Å². The minimum Gasteiger partial charge on any atom is -0.378 e. The van der Waals surface area contributed by atoms with Gasteiger partial charge in [0.1, 0.15) is 0 Å². The van der Waals surface area contributed by atoms with Crippen LogP contribution in [0.5, 0.6) is 0 Å². The standard InChI is InChI=1S/C38H46N16O2/c1-7-39-8-2-28(1)54(36-35-45-26-32(53(35)16-12-41-36)30-4-10-43-38(47-30)51-19-23-56-24-20-51)48-27-5-13-49(14-6-27)33-34-44-25-31(52(34)15-11-40-33)29-3-9-42-37(46-29)50-17-21-55-22-18-50/h3-4,9-12,15-16,25-28,39,48H,1-2,5-8,13-14,17-24H2. The number of hydrogen-bond acceptors (Lipinski definition) is 16. The van der Waals surface area contributed by atoms with E-state index in [2.05, 4.69) is 49.2 Å². The van der Waals surface area contributed by atoms with E-state index in [0.29, 0.717) is 38.3 Å². The number of rotatable bonds is 9. The summed E-state index contributed by atoms with van der Waals surface area (Å²) in [5.74, 6) is 3.13. The number of aromatic nitrogens is 10. The van der Waals surface area contributed by atoms with E-state index in [1.807, 2.05) is 61.7 Å². The molecule has 0 atom stereocenters. The lowest BCUT2D eigenvalue weighted by atomic mass is 10.0. The molecule has 0 amide bonds. The summed E-state index contributed by atoms with van der Waals surface area (Å²) < 4.78 is 15.3. The van der Waals surface area contributed by atoms with Crippen LogP contribution < -0.4 is 30.5 Å². The van der Waals surface area contributed by atoms with Crippen molar-refractivity contribution in [2.24, 2.45) is 0 Å². The molecule has 290 valence electrons. The Morgan fingerprint density at radius 2 is 1.18 bits per heavy atom. The second-order valence-corrected chi connectivity index (χ2v) is 14.6. The number of nitrogens with one attached hydrogen (secondary N) is 2. The zero-order valence-corrected chi connectivity index (χ0v) is 31.3. The van der Waals surface area contributed by atoms with Crippen LogP contribution in [-0.2, 0) is 9.47 Å². The van der Waals surface area contributed by atoms with Crippen molar-refractivity contribution < 1.29 is 9.47 Å². The van der Waals surface area contributed by atoms with E-state index in [4.69, 9.17) is 39.4 Å². The SMILES string of the molecule is c1cc(-c2cnc3c(N4CCC(NN(c5nccn6c(-c7ccnc(N8CCOCC8)n7)cnc56)C5CCNCC5)CC4)nccn23)nc(N2CCOCC2)n1. The van der Waals surface area contributed by atoms with E-state index in [1.165, 1.54) is 0 Å². The fraction of sp³-hybridized carbons (Fsp3) is 0.474. The summed E-state index contributed by atoms with van der Waals surface area (Å²) in [6, 6.07) is 4.40. The van der Waals surface area contributed by atoms with Gasteiger partial charge in [0.25, 0.3) is 0 Å². The minimum absolute atomic E-state index is 0.241. The number of anilines is 4. The zero-order chi connectivity index (χ0) is 37.3. The first-order valence-electron chi connectivity index (χ1n) is 19.7. The van der Waals surface area contributed by atoms with Gasteiger partial charge in [-0.15, -0.1) is 0 Å². The predicted molar refractivity (Wildman–Crippen MR) is 211 cm³/mol. The maximum atomic E-state index is 5.55. The third kappa shape index (κ3) is 6.82. The van der Waals surface area contributed by atoms with Crippen molar-refractivity contribution in [3.8, 4) is 22.8 Å². The molecule has 6 aromatic rings. The molecule has 0 unspecified atom stereocenters. The summed E-state index contributed by atoms with van der Waals surface area (Å²) in [7, 11) is 0. The van der Waals surface area contributed by atoms with Crippen molar-refractivity contribution in [3.05, 3.63) is 61.7 Å². The summed E-state index contributed by atoms with van der Waals surface area (Å²) in [6.07, 6.45) is 19.0. The fourth-order valence-electron chi connectivity index (χ4n) is 8.22. The van der Waals surface area contributed by atoms with E-state index >= 15 is 0 Å². The maximum absolute atomic E-state index is 5.55. The second kappa shape index (κ2) is 15.5. The smallest absolute Gasteiger partial charge is 0.226 e. The zero-order valence-electron chi connectivity index (χ0n) is 31.3. The highest BCUT2D eigenvalue weighted by Crippen LogP contribution is 2.30. The Morgan fingerprint density at radius 3 is 1.80 bits per heavy atom. The molecule has 4 aliphatic heterocycles. The van der Waals surface area contributed by atoms with Gasteiger partial charge in [0, 0.05) is 88.5 Å². The van der Waals surface area contributed by atoms with Crippen molar-refractivity contribution in [1.82, 2.24) is 59.4 Å². The predicted octanol–water partition coefficient (Wildman–Crippen LogP) is 2.09. The molecule has 4 saturated heterocycles. The normalized spacial score (nSPS) is 19.0. The Hall–Kier alpha value is -5.56. The molecule has 0 aromatic carbocycles. The van der Waals surface area contributed by atoms with Gasteiger partial charge in [0.2, 0.25) is 11.9 Å². The van der Waals surface area contributed by atoms with E-state index < -0.39 is 0 Å². The Bertz CT molecular complexity index is 2270. The first kappa shape index (κ1) is 34.9. The quantitative estimate of drug-likeness (QED) is 0.206. The van der Waals surface area contributed by atoms with Crippen LogP contribution >= 0.6 is 0 Å². The highest BCUT2D eigenvalue weighted by molar-refractivity contribution is 5.72. The van der Waals surface area contributed by atoms with Crippen LogP contribution in [0.3, 0.4) is 0 Å². The Morgan fingerprint density at radius 1 is 0.607 bits per heavy atom. The lowest BCUT2D eigenvalue weighted by molar-refractivity contribution is 0.122. The van der Waals surface area contributed by atoms with Crippen LogP contribution in [0.1, 0.15) is 25.7 Å². The molecule has 18 heteroatoms. The maximum Gasteiger partial charge on any atom is 0.226 e. The number of fused-ring (bicyclic) bond motifs is 2. The highest BCUT2D eigenvalue weighted by Gasteiger charge is 2.30. The summed E-state index contributed by atoms with van der Waals surface area (Å²) in [4.78, 5) is 45.3. The number of ether oxygens (including phenoxy) is 2. The molecule has 6 aromatic heterocycles. The van der Waals surface area contributed by atoms with E-state index in [1.54, 1.807) is 0 Å². The highest BCUT2D eigenvalue weighted by atomic mass is 16.5. The summed E-state index contributed by atoms with van der Waals surface area (Å²) >= 11 is 0. The van der Waals surface area contributed by atoms with Gasteiger partial charge in [0.05, 0.1) is 61.6 Å². The third-order valence-corrected chi connectivity index (χ3v) is 11.2. The van der Waals surface area contributed by atoms with Crippen LogP contribution in [-0.4, -0.2) is 140 Å². The van der Waals surface area contributed by atoms with Gasteiger partial charge >= 0.3 is 0 Å². The molecule has 4 aliphatic rings. The van der Waals surface area contributed by atoms with Gasteiger partial charge < -0.3 is 29.5 Å².